The van der Waals surface area contributed by atoms with Gasteiger partial charge < -0.3 is 24.4 Å². The molecule has 0 aliphatic carbocycles. The number of rotatable bonds is 8. The molecule has 36 heavy (non-hydrogen) atoms. The summed E-state index contributed by atoms with van der Waals surface area (Å²) >= 11 is 0. The molecule has 2 saturated heterocycles. The Morgan fingerprint density at radius 2 is 1.97 bits per heavy atom. The van der Waals surface area contributed by atoms with Gasteiger partial charge in [-0.2, -0.15) is 5.10 Å². The van der Waals surface area contributed by atoms with Crippen LogP contribution in [0.4, 0.5) is 5.82 Å². The molecule has 188 valence electrons. The van der Waals surface area contributed by atoms with Crippen LogP contribution in [-0.2, 0) is 4.74 Å². The summed E-state index contributed by atoms with van der Waals surface area (Å²) in [5.74, 6) is 0.953. The topological polar surface area (TPSA) is 121 Å². The molecule has 2 fully saturated rings. The third-order valence-corrected chi connectivity index (χ3v) is 5.92. The second kappa shape index (κ2) is 10.3. The molecule has 0 bridgehead atoms. The first kappa shape index (κ1) is 23.7. The van der Waals surface area contributed by atoms with E-state index < -0.39 is 0 Å². The quantitative estimate of drug-likeness (QED) is 0.508. The molecule has 0 radical (unpaired) electrons. The Balaban J connectivity index is 1.35. The molecule has 1 atom stereocenters. The minimum atomic E-state index is -0.358. The van der Waals surface area contributed by atoms with E-state index in [0.717, 1.165) is 25.9 Å². The molecule has 3 aromatic rings. The summed E-state index contributed by atoms with van der Waals surface area (Å²) in [5, 5.41) is 7.18. The summed E-state index contributed by atoms with van der Waals surface area (Å²) in [7, 11) is 0. The predicted molar refractivity (Wildman–Crippen MR) is 129 cm³/mol. The molecule has 1 N–H and O–H groups in total. The minimum Gasteiger partial charge on any atom is -0.488 e. The fourth-order valence-corrected chi connectivity index (χ4v) is 3.79. The molecule has 2 aromatic heterocycles. The van der Waals surface area contributed by atoms with Gasteiger partial charge in [0.2, 0.25) is 5.88 Å². The lowest BCUT2D eigenvalue weighted by Gasteiger charge is -2.30. The van der Waals surface area contributed by atoms with Crippen molar-refractivity contribution >= 4 is 17.6 Å². The molecule has 5 rings (SSSR count). The van der Waals surface area contributed by atoms with Crippen molar-refractivity contribution < 1.29 is 23.8 Å². The van der Waals surface area contributed by atoms with Gasteiger partial charge in [0, 0.05) is 49.4 Å². The SMILES string of the molecule is CC(C)n1ccc(NC(=O)c2cc(Oc3cnc(C(=O)N4CCC4)cn3)cc(O[C@H]3CCOC3)c2)n1. The standard InChI is InChI=1S/C25H28N6O5/c1-16(2)31-8-4-22(29-31)28-24(32)17-10-19(35-18-5-9-34-15-18)12-20(11-17)36-23-14-26-21(13-27-23)25(33)30-6-3-7-30/h4,8,10-14,16,18H,3,5-7,9,15H2,1-2H3,(H,28,29,32)/t18-/m0/s1. The monoisotopic (exact) mass is 492 g/mol. The Hall–Kier alpha value is -3.99. The van der Waals surface area contributed by atoms with Gasteiger partial charge >= 0.3 is 0 Å². The smallest absolute Gasteiger partial charge is 0.274 e. The summed E-state index contributed by atoms with van der Waals surface area (Å²) in [6, 6.07) is 6.84. The first-order valence-electron chi connectivity index (χ1n) is 12.0. The van der Waals surface area contributed by atoms with E-state index in [0.29, 0.717) is 36.1 Å². The number of carbonyl (C=O) groups is 2. The molecular weight excluding hydrogens is 464 g/mol. The van der Waals surface area contributed by atoms with E-state index in [9.17, 15) is 9.59 Å². The van der Waals surface area contributed by atoms with Gasteiger partial charge in [0.25, 0.3) is 11.8 Å². The zero-order valence-electron chi connectivity index (χ0n) is 20.2. The highest BCUT2D eigenvalue weighted by Gasteiger charge is 2.23. The van der Waals surface area contributed by atoms with Gasteiger partial charge in [-0.25, -0.2) is 9.97 Å². The van der Waals surface area contributed by atoms with E-state index in [1.807, 2.05) is 20.0 Å². The highest BCUT2D eigenvalue weighted by molar-refractivity contribution is 6.04. The number of nitrogens with zero attached hydrogens (tertiary/aromatic N) is 5. The Kier molecular flexibility index (Phi) is 6.81. The van der Waals surface area contributed by atoms with E-state index in [-0.39, 0.29) is 35.5 Å². The summed E-state index contributed by atoms with van der Waals surface area (Å²) in [4.78, 5) is 35.5. The zero-order valence-corrected chi connectivity index (χ0v) is 20.2. The minimum absolute atomic E-state index is 0.107. The van der Waals surface area contributed by atoms with Crippen LogP contribution in [0.2, 0.25) is 0 Å². The Morgan fingerprint density at radius 3 is 2.61 bits per heavy atom. The molecule has 2 aliphatic rings. The summed E-state index contributed by atoms with van der Waals surface area (Å²) in [6.07, 6.45) is 6.25. The largest absolute Gasteiger partial charge is 0.488 e. The van der Waals surface area contributed by atoms with Crippen LogP contribution in [0.5, 0.6) is 17.4 Å². The van der Waals surface area contributed by atoms with Gasteiger partial charge in [0.1, 0.15) is 23.3 Å². The van der Waals surface area contributed by atoms with Crippen LogP contribution in [0.15, 0.2) is 42.9 Å². The third kappa shape index (κ3) is 5.46. The molecule has 11 heteroatoms. The number of nitrogens with one attached hydrogen (secondary N) is 1. The number of benzene rings is 1. The van der Waals surface area contributed by atoms with Crippen molar-refractivity contribution in [2.24, 2.45) is 0 Å². The van der Waals surface area contributed by atoms with Crippen LogP contribution in [0, 0.1) is 0 Å². The van der Waals surface area contributed by atoms with Gasteiger partial charge in [-0.15, -0.1) is 0 Å². The number of hydrogen-bond donors (Lipinski definition) is 1. The fraction of sp³-hybridized carbons (Fsp3) is 0.400. The predicted octanol–water partition coefficient (Wildman–Crippen LogP) is 3.31. The first-order valence-corrected chi connectivity index (χ1v) is 12.0. The van der Waals surface area contributed by atoms with Crippen LogP contribution >= 0.6 is 0 Å². The van der Waals surface area contributed by atoms with Crippen LogP contribution in [0.1, 0.15) is 53.6 Å². The van der Waals surface area contributed by atoms with Crippen molar-refractivity contribution in [3.8, 4) is 17.4 Å². The number of ether oxygens (including phenoxy) is 3. The lowest BCUT2D eigenvalue weighted by molar-refractivity contribution is 0.0645. The number of hydrogen-bond acceptors (Lipinski definition) is 8. The average Bonchev–Trinajstić information content (AvgIpc) is 3.50. The Labute approximate surface area is 208 Å². The maximum atomic E-state index is 13.0. The van der Waals surface area contributed by atoms with Crippen molar-refractivity contribution in [3.05, 3.63) is 54.1 Å². The second-order valence-electron chi connectivity index (χ2n) is 9.01. The van der Waals surface area contributed by atoms with Crippen LogP contribution in [0.25, 0.3) is 0 Å². The van der Waals surface area contributed by atoms with Gasteiger partial charge in [0.05, 0.1) is 25.6 Å². The highest BCUT2D eigenvalue weighted by atomic mass is 16.5. The maximum Gasteiger partial charge on any atom is 0.274 e. The third-order valence-electron chi connectivity index (χ3n) is 5.92. The number of amides is 2. The normalized spacial score (nSPS) is 17.1. The van der Waals surface area contributed by atoms with E-state index in [1.165, 1.54) is 12.4 Å². The number of anilines is 1. The molecule has 2 aliphatic heterocycles. The molecule has 0 unspecified atom stereocenters. The van der Waals surface area contributed by atoms with Gasteiger partial charge in [0.15, 0.2) is 5.82 Å². The van der Waals surface area contributed by atoms with E-state index in [4.69, 9.17) is 14.2 Å². The number of likely N-dealkylation sites (tertiary alicyclic amines) is 1. The van der Waals surface area contributed by atoms with Crippen LogP contribution in [0.3, 0.4) is 0 Å². The molecule has 4 heterocycles. The van der Waals surface area contributed by atoms with E-state index in [1.54, 1.807) is 33.8 Å². The lowest BCUT2D eigenvalue weighted by Crippen LogP contribution is -2.42. The highest BCUT2D eigenvalue weighted by Crippen LogP contribution is 2.29. The van der Waals surface area contributed by atoms with Gasteiger partial charge in [-0.1, -0.05) is 0 Å². The number of aromatic nitrogens is 4. The van der Waals surface area contributed by atoms with Crippen LogP contribution in [-0.4, -0.2) is 68.9 Å². The second-order valence-corrected chi connectivity index (χ2v) is 9.01. The number of carbonyl (C=O) groups excluding carboxylic acids is 2. The Morgan fingerprint density at radius 1 is 1.14 bits per heavy atom. The van der Waals surface area contributed by atoms with Crippen molar-refractivity contribution in [1.82, 2.24) is 24.6 Å². The molecular formula is C25H28N6O5. The van der Waals surface area contributed by atoms with Crippen molar-refractivity contribution in [2.45, 2.75) is 38.8 Å². The van der Waals surface area contributed by atoms with Gasteiger partial charge in [-0.05, 0) is 32.4 Å². The molecule has 11 nitrogen and oxygen atoms in total. The summed E-state index contributed by atoms with van der Waals surface area (Å²) in [6.45, 7) is 6.60. The fourth-order valence-electron chi connectivity index (χ4n) is 3.79. The van der Waals surface area contributed by atoms with E-state index in [2.05, 4.69) is 20.4 Å². The summed E-state index contributed by atoms with van der Waals surface area (Å²) in [5.41, 5.74) is 0.597. The molecule has 0 spiro atoms. The lowest BCUT2D eigenvalue weighted by atomic mass is 10.2. The molecule has 1 aromatic carbocycles. The Bertz CT molecular complexity index is 1230. The van der Waals surface area contributed by atoms with Crippen molar-refractivity contribution in [2.75, 3.05) is 31.6 Å². The zero-order chi connectivity index (χ0) is 25.1. The summed E-state index contributed by atoms with van der Waals surface area (Å²) < 4.78 is 19.1. The maximum absolute atomic E-state index is 13.0. The van der Waals surface area contributed by atoms with Crippen LogP contribution < -0.4 is 14.8 Å². The average molecular weight is 493 g/mol. The van der Waals surface area contributed by atoms with Gasteiger partial charge in [-0.3, -0.25) is 14.3 Å². The molecule has 0 saturated carbocycles. The van der Waals surface area contributed by atoms with E-state index >= 15 is 0 Å². The molecule has 2 amide bonds. The van der Waals surface area contributed by atoms with Crippen molar-refractivity contribution in [1.29, 1.82) is 0 Å². The van der Waals surface area contributed by atoms with Crippen molar-refractivity contribution in [3.63, 3.8) is 0 Å². The first-order chi connectivity index (χ1) is 17.4.